The number of urea groups is 1. The second-order valence-electron chi connectivity index (χ2n) is 5.21. The van der Waals surface area contributed by atoms with E-state index in [1.54, 1.807) is 0 Å². The molecule has 0 aliphatic carbocycles. The number of rotatable bonds is 1. The number of carbonyl (C=O) groups excluding carboxylic acids is 1. The maximum atomic E-state index is 12.2. The monoisotopic (exact) mass is 261 g/mol. The van der Waals surface area contributed by atoms with Gasteiger partial charge in [0, 0.05) is 32.7 Å². The summed E-state index contributed by atoms with van der Waals surface area (Å²) in [6.45, 7) is 6.13. The third-order valence-corrected chi connectivity index (χ3v) is 3.94. The molecule has 2 aliphatic rings. The molecular weight excluding hydrogens is 238 g/mol. The molecule has 0 saturated carbocycles. The van der Waals surface area contributed by atoms with Crippen molar-refractivity contribution in [2.45, 2.75) is 32.2 Å². The van der Waals surface area contributed by atoms with Crippen LogP contribution in [0.4, 0.5) is 4.79 Å². The van der Waals surface area contributed by atoms with Crippen LogP contribution in [0.5, 0.6) is 0 Å². The van der Waals surface area contributed by atoms with Crippen molar-refractivity contribution < 1.29 is 4.79 Å². The van der Waals surface area contributed by atoms with Crippen LogP contribution < -0.4 is 5.32 Å². The molecule has 2 aliphatic heterocycles. The van der Waals surface area contributed by atoms with E-state index in [1.165, 1.54) is 0 Å². The first kappa shape index (κ1) is 14.6. The highest BCUT2D eigenvalue weighted by Crippen LogP contribution is 2.18. The Bertz CT molecular complexity index is 248. The minimum atomic E-state index is 0. The highest BCUT2D eigenvalue weighted by atomic mass is 35.5. The van der Waals surface area contributed by atoms with Crippen molar-refractivity contribution in [3.63, 3.8) is 0 Å². The summed E-state index contributed by atoms with van der Waals surface area (Å²) in [7, 11) is 1.94. The average Bonchev–Trinajstić information content (AvgIpc) is 2.81. The van der Waals surface area contributed by atoms with Gasteiger partial charge in [0.15, 0.2) is 0 Å². The lowest BCUT2D eigenvalue weighted by Crippen LogP contribution is -2.49. The number of likely N-dealkylation sites (N-methyl/N-ethyl adjacent to an activating group) is 1. The van der Waals surface area contributed by atoms with E-state index in [4.69, 9.17) is 0 Å². The van der Waals surface area contributed by atoms with Gasteiger partial charge in [-0.1, -0.05) is 6.92 Å². The van der Waals surface area contributed by atoms with E-state index < -0.39 is 0 Å². The Morgan fingerprint density at radius 3 is 2.47 bits per heavy atom. The summed E-state index contributed by atoms with van der Waals surface area (Å²) in [6, 6.07) is 0.618. The molecule has 0 bridgehead atoms. The SMILES string of the molecule is CC1CCN(C(=O)N(C)C2CCNC2)CC1.Cl. The normalized spacial score (nSPS) is 25.5. The molecule has 2 amide bonds. The van der Waals surface area contributed by atoms with Crippen LogP contribution in [0.25, 0.3) is 0 Å². The van der Waals surface area contributed by atoms with E-state index in [-0.39, 0.29) is 18.4 Å². The second-order valence-corrected chi connectivity index (χ2v) is 5.21. The number of piperidine rings is 1. The van der Waals surface area contributed by atoms with Gasteiger partial charge in [0.25, 0.3) is 0 Å². The maximum Gasteiger partial charge on any atom is 0.320 e. The number of hydrogen-bond acceptors (Lipinski definition) is 2. The zero-order valence-corrected chi connectivity index (χ0v) is 11.6. The molecule has 1 N–H and O–H groups in total. The molecule has 2 fully saturated rings. The second kappa shape index (κ2) is 6.45. The average molecular weight is 262 g/mol. The van der Waals surface area contributed by atoms with Gasteiger partial charge in [0.05, 0.1) is 0 Å². The van der Waals surface area contributed by atoms with E-state index in [0.29, 0.717) is 6.04 Å². The fraction of sp³-hybridized carbons (Fsp3) is 0.917. The Morgan fingerprint density at radius 2 is 1.94 bits per heavy atom. The van der Waals surface area contributed by atoms with Gasteiger partial charge < -0.3 is 15.1 Å². The van der Waals surface area contributed by atoms with Crippen LogP contribution >= 0.6 is 12.4 Å². The van der Waals surface area contributed by atoms with Crippen molar-refractivity contribution in [1.82, 2.24) is 15.1 Å². The Kier molecular flexibility index (Phi) is 5.53. The van der Waals surface area contributed by atoms with Crippen molar-refractivity contribution in [1.29, 1.82) is 0 Å². The summed E-state index contributed by atoms with van der Waals surface area (Å²) in [4.78, 5) is 16.2. The number of likely N-dealkylation sites (tertiary alicyclic amines) is 1. The molecule has 0 aromatic carbocycles. The molecule has 1 atom stereocenters. The third-order valence-electron chi connectivity index (χ3n) is 3.94. The van der Waals surface area contributed by atoms with Gasteiger partial charge in [0.2, 0.25) is 0 Å². The summed E-state index contributed by atoms with van der Waals surface area (Å²) < 4.78 is 0. The number of carbonyl (C=O) groups is 1. The van der Waals surface area contributed by atoms with Crippen LogP contribution in [-0.4, -0.2) is 55.1 Å². The lowest BCUT2D eigenvalue weighted by molar-refractivity contribution is 0.132. The van der Waals surface area contributed by atoms with E-state index in [2.05, 4.69) is 12.2 Å². The summed E-state index contributed by atoms with van der Waals surface area (Å²) in [5, 5.41) is 3.31. The van der Waals surface area contributed by atoms with Gasteiger partial charge >= 0.3 is 6.03 Å². The van der Waals surface area contributed by atoms with Crippen LogP contribution in [-0.2, 0) is 0 Å². The number of halogens is 1. The van der Waals surface area contributed by atoms with Gasteiger partial charge in [0.1, 0.15) is 0 Å². The van der Waals surface area contributed by atoms with Gasteiger partial charge in [-0.2, -0.15) is 0 Å². The third kappa shape index (κ3) is 3.49. The molecule has 2 heterocycles. The Balaban J connectivity index is 0.00000144. The van der Waals surface area contributed by atoms with E-state index in [9.17, 15) is 4.79 Å². The summed E-state index contributed by atoms with van der Waals surface area (Å²) in [5.74, 6) is 0.780. The fourth-order valence-electron chi connectivity index (χ4n) is 2.55. The van der Waals surface area contributed by atoms with E-state index in [1.807, 2.05) is 16.8 Å². The highest BCUT2D eigenvalue weighted by molar-refractivity contribution is 5.85. The molecular formula is C12H24ClN3O. The number of hydrogen-bond donors (Lipinski definition) is 1. The van der Waals surface area contributed by atoms with Crippen LogP contribution in [0.2, 0.25) is 0 Å². The highest BCUT2D eigenvalue weighted by Gasteiger charge is 2.28. The molecule has 0 aromatic heterocycles. The first-order chi connectivity index (χ1) is 7.68. The van der Waals surface area contributed by atoms with E-state index >= 15 is 0 Å². The molecule has 5 heteroatoms. The lowest BCUT2D eigenvalue weighted by atomic mass is 9.99. The lowest BCUT2D eigenvalue weighted by Gasteiger charge is -2.35. The number of nitrogens with zero attached hydrogens (tertiary/aromatic N) is 2. The molecule has 0 spiro atoms. The smallest absolute Gasteiger partial charge is 0.320 e. The van der Waals surface area contributed by atoms with Gasteiger partial charge in [-0.15, -0.1) is 12.4 Å². The minimum Gasteiger partial charge on any atom is -0.325 e. The van der Waals surface area contributed by atoms with Crippen LogP contribution in [0.1, 0.15) is 26.2 Å². The zero-order chi connectivity index (χ0) is 11.5. The Labute approximate surface area is 110 Å². The molecule has 2 saturated heterocycles. The van der Waals surface area contributed by atoms with E-state index in [0.717, 1.165) is 51.4 Å². The summed E-state index contributed by atoms with van der Waals surface area (Å²) in [6.07, 6.45) is 3.40. The zero-order valence-electron chi connectivity index (χ0n) is 10.8. The van der Waals surface area contributed by atoms with Crippen molar-refractivity contribution in [2.75, 3.05) is 33.2 Å². The quantitative estimate of drug-likeness (QED) is 0.778. The Morgan fingerprint density at radius 1 is 1.29 bits per heavy atom. The number of amides is 2. The van der Waals surface area contributed by atoms with Crippen LogP contribution in [0, 0.1) is 5.92 Å². The molecule has 4 nitrogen and oxygen atoms in total. The molecule has 17 heavy (non-hydrogen) atoms. The predicted molar refractivity (Wildman–Crippen MR) is 71.7 cm³/mol. The van der Waals surface area contributed by atoms with Crippen molar-refractivity contribution in [3.8, 4) is 0 Å². The van der Waals surface area contributed by atoms with Gasteiger partial charge in [-0.3, -0.25) is 0 Å². The van der Waals surface area contributed by atoms with Crippen LogP contribution in [0.3, 0.4) is 0 Å². The summed E-state index contributed by atoms with van der Waals surface area (Å²) >= 11 is 0. The molecule has 0 aromatic rings. The maximum absolute atomic E-state index is 12.2. The fourth-order valence-corrected chi connectivity index (χ4v) is 2.55. The van der Waals surface area contributed by atoms with Crippen molar-refractivity contribution in [3.05, 3.63) is 0 Å². The first-order valence-corrected chi connectivity index (χ1v) is 6.41. The summed E-state index contributed by atoms with van der Waals surface area (Å²) in [5.41, 5.74) is 0. The largest absolute Gasteiger partial charge is 0.325 e. The van der Waals surface area contributed by atoms with Crippen molar-refractivity contribution in [2.24, 2.45) is 5.92 Å². The molecule has 1 unspecified atom stereocenters. The predicted octanol–water partition coefficient (Wildman–Crippen LogP) is 1.55. The number of nitrogens with one attached hydrogen (secondary N) is 1. The standard InChI is InChI=1S/C12H23N3O.ClH/c1-10-4-7-15(8-5-10)12(16)14(2)11-3-6-13-9-11;/h10-11,13H,3-9H2,1-2H3;1H. The van der Waals surface area contributed by atoms with Gasteiger partial charge in [-0.25, -0.2) is 4.79 Å². The molecule has 100 valence electrons. The molecule has 2 rings (SSSR count). The van der Waals surface area contributed by atoms with Crippen LogP contribution in [0.15, 0.2) is 0 Å². The first-order valence-electron chi connectivity index (χ1n) is 6.41. The minimum absolute atomic E-state index is 0. The van der Waals surface area contributed by atoms with Gasteiger partial charge in [-0.05, 0) is 31.7 Å². The molecule has 0 radical (unpaired) electrons. The van der Waals surface area contributed by atoms with Crippen molar-refractivity contribution >= 4 is 18.4 Å². The Hall–Kier alpha value is -0.480. The topological polar surface area (TPSA) is 35.6 Å².